The SMILES string of the molecule is Cc1ccc(-c2cc(OC(=O)NC(C)(C)CO)cc(-n3cnnn3)c2)cc1. The van der Waals surface area contributed by atoms with E-state index in [1.165, 1.54) is 11.0 Å². The molecule has 8 heteroatoms. The number of hydrogen-bond acceptors (Lipinski definition) is 6. The Morgan fingerprint density at radius 3 is 2.56 bits per heavy atom. The van der Waals surface area contributed by atoms with E-state index in [4.69, 9.17) is 4.74 Å². The Labute approximate surface area is 156 Å². The van der Waals surface area contributed by atoms with Crippen molar-refractivity contribution in [2.45, 2.75) is 26.3 Å². The Morgan fingerprint density at radius 1 is 1.19 bits per heavy atom. The highest BCUT2D eigenvalue weighted by molar-refractivity contribution is 5.74. The summed E-state index contributed by atoms with van der Waals surface area (Å²) in [5.41, 5.74) is 2.84. The predicted molar refractivity (Wildman–Crippen MR) is 99.7 cm³/mol. The molecule has 0 aliphatic heterocycles. The summed E-state index contributed by atoms with van der Waals surface area (Å²) >= 11 is 0. The van der Waals surface area contributed by atoms with Crippen LogP contribution < -0.4 is 10.1 Å². The fourth-order valence-corrected chi connectivity index (χ4v) is 2.42. The third-order valence-corrected chi connectivity index (χ3v) is 3.94. The van der Waals surface area contributed by atoms with Crippen molar-refractivity contribution < 1.29 is 14.6 Å². The highest BCUT2D eigenvalue weighted by Crippen LogP contribution is 2.28. The second-order valence-electron chi connectivity index (χ2n) is 6.89. The van der Waals surface area contributed by atoms with E-state index in [2.05, 4.69) is 20.8 Å². The van der Waals surface area contributed by atoms with Crippen molar-refractivity contribution in [3.8, 4) is 22.6 Å². The molecule has 0 fully saturated rings. The largest absolute Gasteiger partial charge is 0.413 e. The number of rotatable bonds is 5. The molecule has 27 heavy (non-hydrogen) atoms. The lowest BCUT2D eigenvalue weighted by Crippen LogP contribution is -2.47. The zero-order chi connectivity index (χ0) is 19.4. The lowest BCUT2D eigenvalue weighted by molar-refractivity contribution is 0.159. The van der Waals surface area contributed by atoms with Crippen LogP contribution in [0.1, 0.15) is 19.4 Å². The van der Waals surface area contributed by atoms with Crippen molar-refractivity contribution in [3.63, 3.8) is 0 Å². The standard InChI is InChI=1S/C19H21N5O3/c1-13-4-6-14(7-5-13)15-8-16(24-12-20-22-23-24)10-17(9-15)27-18(26)21-19(2,3)11-25/h4-10,12,25H,11H2,1-3H3,(H,21,26). The molecule has 140 valence electrons. The number of carbonyl (C=O) groups is 1. The molecule has 2 N–H and O–H groups in total. The van der Waals surface area contributed by atoms with Crippen LogP contribution in [0, 0.1) is 6.92 Å². The highest BCUT2D eigenvalue weighted by Gasteiger charge is 2.20. The first-order chi connectivity index (χ1) is 12.9. The zero-order valence-corrected chi connectivity index (χ0v) is 15.4. The van der Waals surface area contributed by atoms with Gasteiger partial charge in [-0.15, -0.1) is 5.10 Å². The van der Waals surface area contributed by atoms with Crippen LogP contribution in [0.2, 0.25) is 0 Å². The minimum absolute atomic E-state index is 0.207. The molecule has 1 amide bonds. The molecule has 8 nitrogen and oxygen atoms in total. The second-order valence-corrected chi connectivity index (χ2v) is 6.89. The van der Waals surface area contributed by atoms with E-state index in [1.807, 2.05) is 37.3 Å². The summed E-state index contributed by atoms with van der Waals surface area (Å²) in [4.78, 5) is 12.2. The monoisotopic (exact) mass is 367 g/mol. The van der Waals surface area contributed by atoms with Gasteiger partial charge in [-0.05, 0) is 54.5 Å². The van der Waals surface area contributed by atoms with E-state index in [0.717, 1.165) is 16.7 Å². The number of nitrogens with one attached hydrogen (secondary N) is 1. The van der Waals surface area contributed by atoms with Crippen molar-refractivity contribution in [1.29, 1.82) is 0 Å². The lowest BCUT2D eigenvalue weighted by atomic mass is 10.0. The van der Waals surface area contributed by atoms with Gasteiger partial charge in [0.2, 0.25) is 0 Å². The first-order valence-corrected chi connectivity index (χ1v) is 8.43. The molecule has 0 aliphatic carbocycles. The maximum Gasteiger partial charge on any atom is 0.413 e. The maximum atomic E-state index is 12.2. The summed E-state index contributed by atoms with van der Waals surface area (Å²) in [7, 11) is 0. The molecule has 0 unspecified atom stereocenters. The van der Waals surface area contributed by atoms with Gasteiger partial charge in [0, 0.05) is 6.07 Å². The summed E-state index contributed by atoms with van der Waals surface area (Å²) in [6.07, 6.45) is 0.810. The van der Waals surface area contributed by atoms with Crippen molar-refractivity contribution in [1.82, 2.24) is 25.5 Å². The van der Waals surface area contributed by atoms with Gasteiger partial charge >= 0.3 is 6.09 Å². The van der Waals surface area contributed by atoms with Crippen molar-refractivity contribution in [2.24, 2.45) is 0 Å². The predicted octanol–water partition coefficient (Wildman–Crippen LogP) is 2.50. The molecule has 0 spiro atoms. The van der Waals surface area contributed by atoms with Gasteiger partial charge in [-0.1, -0.05) is 29.8 Å². The van der Waals surface area contributed by atoms with Crippen molar-refractivity contribution in [2.75, 3.05) is 6.61 Å². The van der Waals surface area contributed by atoms with Gasteiger partial charge in [0.25, 0.3) is 0 Å². The molecular formula is C19H21N5O3. The summed E-state index contributed by atoms with van der Waals surface area (Å²) < 4.78 is 6.92. The van der Waals surface area contributed by atoms with Crippen LogP contribution in [0.3, 0.4) is 0 Å². The number of aromatic nitrogens is 4. The Kier molecular flexibility index (Phi) is 5.18. The zero-order valence-electron chi connectivity index (χ0n) is 15.4. The molecule has 1 heterocycles. The number of benzene rings is 2. The normalized spacial score (nSPS) is 11.3. The van der Waals surface area contributed by atoms with E-state index in [0.29, 0.717) is 11.4 Å². The topological polar surface area (TPSA) is 102 Å². The van der Waals surface area contributed by atoms with Crippen LogP contribution in [-0.4, -0.2) is 43.6 Å². The van der Waals surface area contributed by atoms with E-state index in [1.54, 1.807) is 26.0 Å². The van der Waals surface area contributed by atoms with Gasteiger partial charge in [0.15, 0.2) is 0 Å². The average molecular weight is 367 g/mol. The van der Waals surface area contributed by atoms with Gasteiger partial charge in [-0.2, -0.15) is 0 Å². The highest BCUT2D eigenvalue weighted by atomic mass is 16.6. The average Bonchev–Trinajstić information content (AvgIpc) is 3.16. The smallest absolute Gasteiger partial charge is 0.410 e. The molecule has 3 aromatic rings. The third kappa shape index (κ3) is 4.68. The van der Waals surface area contributed by atoms with E-state index in [9.17, 15) is 9.90 Å². The number of hydrogen-bond donors (Lipinski definition) is 2. The van der Waals surface area contributed by atoms with Gasteiger partial charge in [0.1, 0.15) is 12.1 Å². The second kappa shape index (κ2) is 7.55. The molecular weight excluding hydrogens is 346 g/mol. The fourth-order valence-electron chi connectivity index (χ4n) is 2.42. The molecule has 0 saturated carbocycles. The summed E-state index contributed by atoms with van der Waals surface area (Å²) in [6.45, 7) is 5.21. The maximum absolute atomic E-state index is 12.2. The van der Waals surface area contributed by atoms with Crippen molar-refractivity contribution in [3.05, 3.63) is 54.4 Å². The number of aliphatic hydroxyl groups excluding tert-OH is 1. The van der Waals surface area contributed by atoms with Gasteiger partial charge < -0.3 is 15.2 Å². The first kappa shape index (κ1) is 18.5. The molecule has 1 aromatic heterocycles. The molecule has 0 radical (unpaired) electrons. The van der Waals surface area contributed by atoms with Crippen LogP contribution in [0.25, 0.3) is 16.8 Å². The first-order valence-electron chi connectivity index (χ1n) is 8.43. The quantitative estimate of drug-likeness (QED) is 0.718. The summed E-state index contributed by atoms with van der Waals surface area (Å²) in [5, 5.41) is 23.1. The lowest BCUT2D eigenvalue weighted by Gasteiger charge is -2.22. The minimum atomic E-state index is -0.787. The van der Waals surface area contributed by atoms with Gasteiger partial charge in [-0.3, -0.25) is 0 Å². The Balaban J connectivity index is 1.95. The summed E-state index contributed by atoms with van der Waals surface area (Å²) in [6, 6.07) is 13.3. The number of amides is 1. The van der Waals surface area contributed by atoms with Crippen LogP contribution in [0.5, 0.6) is 5.75 Å². The van der Waals surface area contributed by atoms with Crippen LogP contribution in [0.15, 0.2) is 48.8 Å². The van der Waals surface area contributed by atoms with Gasteiger partial charge in [0.05, 0.1) is 17.8 Å². The van der Waals surface area contributed by atoms with Crippen molar-refractivity contribution >= 4 is 6.09 Å². The number of carbonyl (C=O) groups excluding carboxylic acids is 1. The number of aliphatic hydroxyl groups is 1. The molecule has 3 rings (SSSR count). The molecule has 0 bridgehead atoms. The van der Waals surface area contributed by atoms with E-state index >= 15 is 0 Å². The van der Waals surface area contributed by atoms with E-state index < -0.39 is 11.6 Å². The summed E-state index contributed by atoms with van der Waals surface area (Å²) in [5.74, 6) is 0.338. The van der Waals surface area contributed by atoms with Crippen LogP contribution >= 0.6 is 0 Å². The number of ether oxygens (including phenoxy) is 1. The fraction of sp³-hybridized carbons (Fsp3) is 0.263. The van der Waals surface area contributed by atoms with Crippen LogP contribution in [0.4, 0.5) is 4.79 Å². The number of aryl methyl sites for hydroxylation is 1. The number of nitrogens with zero attached hydrogens (tertiary/aromatic N) is 4. The molecule has 2 aromatic carbocycles. The van der Waals surface area contributed by atoms with Gasteiger partial charge in [-0.25, -0.2) is 9.48 Å². The molecule has 0 aliphatic rings. The van der Waals surface area contributed by atoms with E-state index in [-0.39, 0.29) is 6.61 Å². The number of tetrazole rings is 1. The Morgan fingerprint density at radius 2 is 1.93 bits per heavy atom. The van der Waals surface area contributed by atoms with Crippen LogP contribution in [-0.2, 0) is 0 Å². The third-order valence-electron chi connectivity index (χ3n) is 3.94. The Hall–Kier alpha value is -3.26. The Bertz CT molecular complexity index is 921. The molecule has 0 saturated heterocycles. The minimum Gasteiger partial charge on any atom is -0.410 e. The molecule has 0 atom stereocenters.